The van der Waals surface area contributed by atoms with E-state index in [1.807, 2.05) is 20.8 Å². The van der Waals surface area contributed by atoms with Gasteiger partial charge in [-0.15, -0.1) is 0 Å². The first-order valence-electron chi connectivity index (χ1n) is 5.74. The monoisotopic (exact) mass is 286 g/mol. The SMILES string of the molecule is CC(C)(C)CNc1cccc(S(C)(=O)=O)c1[N+](=O)[O-]. The third kappa shape index (κ3) is 4.20. The summed E-state index contributed by atoms with van der Waals surface area (Å²) in [5.41, 5.74) is -0.244. The lowest BCUT2D eigenvalue weighted by molar-refractivity contribution is -0.386. The van der Waals surface area contributed by atoms with Gasteiger partial charge in [-0.1, -0.05) is 26.8 Å². The van der Waals surface area contributed by atoms with E-state index in [4.69, 9.17) is 0 Å². The van der Waals surface area contributed by atoms with Gasteiger partial charge in [0.15, 0.2) is 9.84 Å². The van der Waals surface area contributed by atoms with Crippen LogP contribution in [0.4, 0.5) is 11.4 Å². The number of rotatable bonds is 4. The molecule has 1 aromatic carbocycles. The van der Waals surface area contributed by atoms with E-state index < -0.39 is 20.4 Å². The van der Waals surface area contributed by atoms with Crippen LogP contribution < -0.4 is 5.32 Å². The summed E-state index contributed by atoms with van der Waals surface area (Å²) < 4.78 is 23.2. The number of nitro benzene ring substituents is 1. The van der Waals surface area contributed by atoms with E-state index in [0.717, 1.165) is 6.26 Å². The number of para-hydroxylation sites is 1. The first-order chi connectivity index (χ1) is 8.52. The molecule has 0 unspecified atom stereocenters. The molecule has 6 nitrogen and oxygen atoms in total. The summed E-state index contributed by atoms with van der Waals surface area (Å²) in [4.78, 5) is 10.2. The Labute approximate surface area is 112 Å². The van der Waals surface area contributed by atoms with E-state index in [-0.39, 0.29) is 16.0 Å². The average molecular weight is 286 g/mol. The van der Waals surface area contributed by atoms with Crippen LogP contribution >= 0.6 is 0 Å². The normalized spacial score (nSPS) is 12.2. The van der Waals surface area contributed by atoms with Crippen molar-refractivity contribution >= 4 is 21.2 Å². The molecule has 0 aliphatic rings. The average Bonchev–Trinajstić information content (AvgIpc) is 2.23. The van der Waals surface area contributed by atoms with Crippen molar-refractivity contribution in [1.29, 1.82) is 0 Å². The minimum atomic E-state index is -3.64. The van der Waals surface area contributed by atoms with Gasteiger partial charge in [0.25, 0.3) is 0 Å². The molecular formula is C12H18N2O4S. The lowest BCUT2D eigenvalue weighted by Crippen LogP contribution is -2.20. The summed E-state index contributed by atoms with van der Waals surface area (Å²) >= 11 is 0. The smallest absolute Gasteiger partial charge is 0.310 e. The minimum Gasteiger partial charge on any atom is -0.379 e. The van der Waals surface area contributed by atoms with Gasteiger partial charge in [0.2, 0.25) is 0 Å². The molecule has 19 heavy (non-hydrogen) atoms. The maximum Gasteiger partial charge on any atom is 0.310 e. The van der Waals surface area contributed by atoms with Crippen LogP contribution in [0.1, 0.15) is 20.8 Å². The second kappa shape index (κ2) is 5.16. The van der Waals surface area contributed by atoms with Crippen molar-refractivity contribution in [2.24, 2.45) is 5.41 Å². The molecule has 0 bridgehead atoms. The maximum atomic E-state index is 11.6. The molecule has 1 N–H and O–H groups in total. The van der Waals surface area contributed by atoms with Crippen molar-refractivity contribution in [1.82, 2.24) is 0 Å². The number of benzene rings is 1. The van der Waals surface area contributed by atoms with Gasteiger partial charge in [-0.25, -0.2) is 8.42 Å². The van der Waals surface area contributed by atoms with Crippen molar-refractivity contribution < 1.29 is 13.3 Å². The zero-order valence-corrected chi connectivity index (χ0v) is 12.2. The molecule has 0 radical (unpaired) electrons. The molecule has 0 aliphatic heterocycles. The van der Waals surface area contributed by atoms with Crippen molar-refractivity contribution in [2.45, 2.75) is 25.7 Å². The van der Waals surface area contributed by atoms with Crippen molar-refractivity contribution in [3.05, 3.63) is 28.3 Å². The lowest BCUT2D eigenvalue weighted by atomic mass is 9.97. The number of sulfone groups is 1. The zero-order valence-electron chi connectivity index (χ0n) is 11.4. The van der Waals surface area contributed by atoms with Gasteiger partial charge in [0.05, 0.1) is 4.92 Å². The molecule has 106 valence electrons. The Morgan fingerprint density at radius 1 is 1.32 bits per heavy atom. The van der Waals surface area contributed by atoms with Gasteiger partial charge in [0, 0.05) is 12.8 Å². The number of nitro groups is 1. The van der Waals surface area contributed by atoms with E-state index >= 15 is 0 Å². The topological polar surface area (TPSA) is 89.3 Å². The van der Waals surface area contributed by atoms with Crippen LogP contribution in [0, 0.1) is 15.5 Å². The van der Waals surface area contributed by atoms with Crippen LogP contribution in [0.25, 0.3) is 0 Å². The van der Waals surface area contributed by atoms with Crippen LogP contribution in [0.3, 0.4) is 0 Å². The van der Waals surface area contributed by atoms with Gasteiger partial charge in [-0.2, -0.15) is 0 Å². The largest absolute Gasteiger partial charge is 0.379 e. The molecule has 7 heteroatoms. The van der Waals surface area contributed by atoms with E-state index in [1.54, 1.807) is 0 Å². The molecule has 0 amide bonds. The highest BCUT2D eigenvalue weighted by Gasteiger charge is 2.26. The molecule has 0 spiro atoms. The zero-order chi connectivity index (χ0) is 14.8. The van der Waals surface area contributed by atoms with Gasteiger partial charge >= 0.3 is 5.69 Å². The summed E-state index contributed by atoms with van der Waals surface area (Å²) in [6.45, 7) is 6.44. The summed E-state index contributed by atoms with van der Waals surface area (Å²) in [7, 11) is -3.64. The molecule has 0 atom stereocenters. The van der Waals surface area contributed by atoms with Gasteiger partial charge in [-0.3, -0.25) is 10.1 Å². The second-order valence-electron chi connectivity index (χ2n) is 5.60. The van der Waals surface area contributed by atoms with Gasteiger partial charge in [-0.05, 0) is 17.5 Å². The van der Waals surface area contributed by atoms with Crippen molar-refractivity contribution in [3.63, 3.8) is 0 Å². The predicted molar refractivity (Wildman–Crippen MR) is 74.2 cm³/mol. The van der Waals surface area contributed by atoms with Gasteiger partial charge in [0.1, 0.15) is 10.6 Å². The van der Waals surface area contributed by atoms with E-state index in [1.165, 1.54) is 18.2 Å². The molecule has 0 saturated carbocycles. The van der Waals surface area contributed by atoms with Crippen LogP contribution in [0.15, 0.2) is 23.1 Å². The number of anilines is 1. The Bertz CT molecular complexity index is 588. The van der Waals surface area contributed by atoms with E-state index in [9.17, 15) is 18.5 Å². The Balaban J connectivity index is 3.30. The van der Waals surface area contributed by atoms with E-state index in [0.29, 0.717) is 6.54 Å². The van der Waals surface area contributed by atoms with E-state index in [2.05, 4.69) is 5.32 Å². The van der Waals surface area contributed by atoms with Crippen LogP contribution in [-0.4, -0.2) is 26.1 Å². The maximum absolute atomic E-state index is 11.6. The summed E-state index contributed by atoms with van der Waals surface area (Å²) in [5, 5.41) is 14.1. The number of hydrogen-bond donors (Lipinski definition) is 1. The Morgan fingerprint density at radius 2 is 1.89 bits per heavy atom. The number of nitrogens with one attached hydrogen (secondary N) is 1. The lowest BCUT2D eigenvalue weighted by Gasteiger charge is -2.19. The molecule has 0 aliphatic carbocycles. The highest BCUT2D eigenvalue weighted by atomic mass is 32.2. The quantitative estimate of drug-likeness (QED) is 0.678. The number of hydrogen-bond acceptors (Lipinski definition) is 5. The molecule has 0 aromatic heterocycles. The third-order valence-corrected chi connectivity index (χ3v) is 3.52. The Hall–Kier alpha value is -1.63. The van der Waals surface area contributed by atoms with Crippen molar-refractivity contribution in [2.75, 3.05) is 18.1 Å². The molecule has 0 heterocycles. The summed E-state index contributed by atoms with van der Waals surface area (Å²) in [6.07, 6.45) is 0.961. The highest BCUT2D eigenvalue weighted by molar-refractivity contribution is 7.90. The summed E-state index contributed by atoms with van der Waals surface area (Å²) in [5.74, 6) is 0. The van der Waals surface area contributed by atoms with Gasteiger partial charge < -0.3 is 5.32 Å². The third-order valence-electron chi connectivity index (χ3n) is 2.39. The van der Waals surface area contributed by atoms with Crippen molar-refractivity contribution in [3.8, 4) is 0 Å². The molecule has 1 aromatic rings. The first-order valence-corrected chi connectivity index (χ1v) is 7.63. The predicted octanol–water partition coefficient (Wildman–Crippen LogP) is 2.46. The van der Waals surface area contributed by atoms with Crippen LogP contribution in [0.5, 0.6) is 0 Å². The molecule has 0 fully saturated rings. The fourth-order valence-electron chi connectivity index (χ4n) is 1.51. The molecular weight excluding hydrogens is 268 g/mol. The first kappa shape index (κ1) is 15.4. The van der Waals surface area contributed by atoms with Crippen LogP contribution in [0.2, 0.25) is 0 Å². The summed E-state index contributed by atoms with van der Waals surface area (Å²) in [6, 6.07) is 4.25. The minimum absolute atomic E-state index is 0.0744. The molecule has 0 saturated heterocycles. The highest BCUT2D eigenvalue weighted by Crippen LogP contribution is 2.32. The fourth-order valence-corrected chi connectivity index (χ4v) is 2.37. The Kier molecular flexibility index (Phi) is 4.19. The van der Waals surface area contributed by atoms with Crippen LogP contribution in [-0.2, 0) is 9.84 Å². The number of nitrogens with zero attached hydrogens (tertiary/aromatic N) is 1. The second-order valence-corrected chi connectivity index (χ2v) is 7.58. The standard InChI is InChI=1S/C12H18N2O4S/c1-12(2,3)8-13-9-6-5-7-10(19(4,17)18)11(9)14(15)16/h5-7,13H,8H2,1-4H3. The fraction of sp³-hybridized carbons (Fsp3) is 0.500. The Morgan fingerprint density at radius 3 is 2.32 bits per heavy atom. The molecule has 1 rings (SSSR count).